The zero-order valence-electron chi connectivity index (χ0n) is 20.3. The first-order valence-electron chi connectivity index (χ1n) is 11.6. The number of hydrogen-bond donors (Lipinski definition) is 2. The molecular formula is C27H26BrCl2N3O4. The van der Waals surface area contributed by atoms with Crippen molar-refractivity contribution < 1.29 is 19.1 Å². The second kappa shape index (κ2) is 13.5. The predicted molar refractivity (Wildman–Crippen MR) is 149 cm³/mol. The summed E-state index contributed by atoms with van der Waals surface area (Å²) in [4.78, 5) is 38.9. The van der Waals surface area contributed by atoms with Crippen LogP contribution in [0, 0.1) is 0 Å². The monoisotopic (exact) mass is 605 g/mol. The van der Waals surface area contributed by atoms with Crippen LogP contribution in [0.15, 0.2) is 65.1 Å². The van der Waals surface area contributed by atoms with Crippen molar-refractivity contribution >= 4 is 62.5 Å². The molecule has 0 aliphatic heterocycles. The van der Waals surface area contributed by atoms with E-state index in [-0.39, 0.29) is 18.9 Å². The van der Waals surface area contributed by atoms with Gasteiger partial charge in [-0.25, -0.2) is 0 Å². The molecule has 0 aromatic heterocycles. The molecule has 2 N–H and O–H groups in total. The average Bonchev–Trinajstić information content (AvgIpc) is 2.87. The van der Waals surface area contributed by atoms with Gasteiger partial charge >= 0.3 is 11.8 Å². The summed E-state index contributed by atoms with van der Waals surface area (Å²) in [5.74, 6) is -0.625. The number of carbonyl (C=O) groups excluding carboxylic acids is 3. The van der Waals surface area contributed by atoms with Gasteiger partial charge < -0.3 is 20.3 Å². The molecule has 0 atom stereocenters. The minimum absolute atomic E-state index is 0.0385. The molecule has 3 aromatic carbocycles. The molecule has 3 rings (SSSR count). The van der Waals surface area contributed by atoms with Gasteiger partial charge in [-0.05, 0) is 55.8 Å². The van der Waals surface area contributed by atoms with Crippen LogP contribution in [0.1, 0.15) is 25.0 Å². The van der Waals surface area contributed by atoms with Crippen LogP contribution in [0.25, 0.3) is 0 Å². The topological polar surface area (TPSA) is 87.7 Å². The van der Waals surface area contributed by atoms with E-state index in [9.17, 15) is 14.4 Å². The van der Waals surface area contributed by atoms with Gasteiger partial charge in [0.05, 0.1) is 16.5 Å². The molecule has 0 unspecified atom stereocenters. The van der Waals surface area contributed by atoms with Gasteiger partial charge in [0.15, 0.2) is 0 Å². The quantitative estimate of drug-likeness (QED) is 0.283. The molecule has 194 valence electrons. The summed E-state index contributed by atoms with van der Waals surface area (Å²) < 4.78 is 6.71. The van der Waals surface area contributed by atoms with Crippen molar-refractivity contribution in [2.75, 3.05) is 18.4 Å². The Morgan fingerprint density at radius 3 is 2.24 bits per heavy atom. The van der Waals surface area contributed by atoms with Gasteiger partial charge in [0, 0.05) is 41.4 Å². The second-order valence-electron chi connectivity index (χ2n) is 8.01. The molecule has 0 saturated carbocycles. The highest BCUT2D eigenvalue weighted by atomic mass is 79.9. The van der Waals surface area contributed by atoms with Crippen LogP contribution < -0.4 is 15.4 Å². The number of amides is 3. The summed E-state index contributed by atoms with van der Waals surface area (Å²) in [5, 5.41) is 5.93. The van der Waals surface area contributed by atoms with E-state index in [4.69, 9.17) is 27.9 Å². The molecular weight excluding hydrogens is 581 g/mol. The fourth-order valence-corrected chi connectivity index (χ4v) is 4.08. The molecule has 7 nitrogen and oxygen atoms in total. The van der Waals surface area contributed by atoms with Gasteiger partial charge in [-0.15, -0.1) is 0 Å². The van der Waals surface area contributed by atoms with Gasteiger partial charge in [0.25, 0.3) is 0 Å². The summed E-state index contributed by atoms with van der Waals surface area (Å²) in [6.45, 7) is 5.24. The molecule has 0 aliphatic carbocycles. The first-order valence-corrected chi connectivity index (χ1v) is 13.1. The van der Waals surface area contributed by atoms with Crippen LogP contribution in [-0.2, 0) is 27.3 Å². The van der Waals surface area contributed by atoms with Crippen LogP contribution >= 0.6 is 39.1 Å². The van der Waals surface area contributed by atoms with E-state index in [0.717, 1.165) is 10.0 Å². The van der Waals surface area contributed by atoms with E-state index in [0.29, 0.717) is 45.9 Å². The minimum atomic E-state index is -0.809. The lowest BCUT2D eigenvalue weighted by Crippen LogP contribution is -2.35. The highest BCUT2D eigenvalue weighted by Gasteiger charge is 2.16. The maximum Gasteiger partial charge on any atom is 0.313 e. The third kappa shape index (κ3) is 8.21. The third-order valence-corrected chi connectivity index (χ3v) is 6.71. The highest BCUT2D eigenvalue weighted by Crippen LogP contribution is 2.32. The van der Waals surface area contributed by atoms with E-state index in [2.05, 4.69) is 26.6 Å². The SMILES string of the molecule is CCN(CC)C(=O)Cc1ccc(NC(=O)C(=O)NCc2ccc(Br)cc2Oc2ccc(Cl)c(Cl)c2)cc1. The molecule has 0 saturated heterocycles. The summed E-state index contributed by atoms with van der Waals surface area (Å²) in [6, 6.07) is 17.0. The van der Waals surface area contributed by atoms with Crippen LogP contribution in [0.5, 0.6) is 11.5 Å². The molecule has 0 spiro atoms. The minimum Gasteiger partial charge on any atom is -0.457 e. The first-order chi connectivity index (χ1) is 17.7. The molecule has 0 aliphatic rings. The van der Waals surface area contributed by atoms with E-state index < -0.39 is 11.8 Å². The Kier molecular flexibility index (Phi) is 10.4. The average molecular weight is 607 g/mol. The number of benzene rings is 3. The van der Waals surface area contributed by atoms with E-state index in [1.807, 2.05) is 13.8 Å². The smallest absolute Gasteiger partial charge is 0.313 e. The number of ether oxygens (including phenoxy) is 1. The van der Waals surface area contributed by atoms with Crippen LogP contribution in [-0.4, -0.2) is 35.7 Å². The van der Waals surface area contributed by atoms with Gasteiger partial charge in [-0.2, -0.15) is 0 Å². The summed E-state index contributed by atoms with van der Waals surface area (Å²) in [6.07, 6.45) is 0.274. The Labute approximate surface area is 234 Å². The number of anilines is 1. The van der Waals surface area contributed by atoms with Gasteiger partial charge in [0.1, 0.15) is 11.5 Å². The maximum atomic E-state index is 12.4. The number of nitrogens with one attached hydrogen (secondary N) is 2. The zero-order valence-corrected chi connectivity index (χ0v) is 23.4. The number of halogens is 3. The Morgan fingerprint density at radius 2 is 1.59 bits per heavy atom. The molecule has 0 fully saturated rings. The predicted octanol–water partition coefficient (Wildman–Crippen LogP) is 6.21. The maximum absolute atomic E-state index is 12.4. The molecule has 0 radical (unpaired) electrons. The normalized spacial score (nSPS) is 10.5. The lowest BCUT2D eigenvalue weighted by atomic mass is 10.1. The van der Waals surface area contributed by atoms with Gasteiger partial charge in [-0.3, -0.25) is 14.4 Å². The van der Waals surface area contributed by atoms with Crippen LogP contribution in [0.3, 0.4) is 0 Å². The van der Waals surface area contributed by atoms with Crippen molar-refractivity contribution in [1.82, 2.24) is 10.2 Å². The summed E-state index contributed by atoms with van der Waals surface area (Å²) in [5.41, 5.74) is 1.92. The fourth-order valence-electron chi connectivity index (χ4n) is 3.45. The van der Waals surface area contributed by atoms with Crippen molar-refractivity contribution in [3.8, 4) is 11.5 Å². The molecule has 3 amide bonds. The third-order valence-electron chi connectivity index (χ3n) is 5.48. The Morgan fingerprint density at radius 1 is 0.892 bits per heavy atom. The molecule has 37 heavy (non-hydrogen) atoms. The molecule has 0 bridgehead atoms. The number of nitrogens with zero attached hydrogens (tertiary/aromatic N) is 1. The van der Waals surface area contributed by atoms with Crippen LogP contribution in [0.2, 0.25) is 10.0 Å². The number of carbonyl (C=O) groups is 3. The lowest BCUT2D eigenvalue weighted by molar-refractivity contribution is -0.136. The Bertz CT molecular complexity index is 1280. The second-order valence-corrected chi connectivity index (χ2v) is 9.74. The van der Waals surface area contributed by atoms with E-state index in [1.165, 1.54) is 0 Å². The van der Waals surface area contributed by atoms with E-state index >= 15 is 0 Å². The van der Waals surface area contributed by atoms with Crippen molar-refractivity contribution in [3.63, 3.8) is 0 Å². The standard InChI is InChI=1S/C27H26BrCl2N3O4/c1-3-33(4-2)25(34)13-17-5-9-20(10-6-17)32-27(36)26(35)31-16-18-7-8-19(28)14-24(18)37-21-11-12-22(29)23(30)15-21/h5-12,14-15H,3-4,13,16H2,1-2H3,(H,31,35)(H,32,36). The van der Waals surface area contributed by atoms with Crippen molar-refractivity contribution in [3.05, 3.63) is 86.3 Å². The largest absolute Gasteiger partial charge is 0.457 e. The fraction of sp³-hybridized carbons (Fsp3) is 0.222. The highest BCUT2D eigenvalue weighted by molar-refractivity contribution is 9.10. The molecule has 3 aromatic rings. The zero-order chi connectivity index (χ0) is 26.9. The first kappa shape index (κ1) is 28.5. The molecule has 0 heterocycles. The number of rotatable bonds is 9. The summed E-state index contributed by atoms with van der Waals surface area (Å²) >= 11 is 15.4. The van der Waals surface area contributed by atoms with Crippen LogP contribution in [0.4, 0.5) is 5.69 Å². The van der Waals surface area contributed by atoms with Crippen molar-refractivity contribution in [2.45, 2.75) is 26.8 Å². The summed E-state index contributed by atoms with van der Waals surface area (Å²) in [7, 11) is 0. The van der Waals surface area contributed by atoms with Crippen molar-refractivity contribution in [2.24, 2.45) is 0 Å². The number of hydrogen-bond acceptors (Lipinski definition) is 4. The number of likely N-dealkylation sites (N-methyl/N-ethyl adjacent to an activating group) is 1. The lowest BCUT2D eigenvalue weighted by Gasteiger charge is -2.18. The Hall–Kier alpha value is -3.07. The van der Waals surface area contributed by atoms with Gasteiger partial charge in [-0.1, -0.05) is 57.3 Å². The van der Waals surface area contributed by atoms with Crippen molar-refractivity contribution in [1.29, 1.82) is 0 Å². The Balaban J connectivity index is 1.58. The van der Waals surface area contributed by atoms with Gasteiger partial charge in [0.2, 0.25) is 5.91 Å². The van der Waals surface area contributed by atoms with E-state index in [1.54, 1.807) is 65.6 Å². The molecule has 10 heteroatoms.